The van der Waals surface area contributed by atoms with Crippen molar-refractivity contribution in [3.05, 3.63) is 89.4 Å². The first-order valence-electron chi connectivity index (χ1n) is 9.82. The Morgan fingerprint density at radius 1 is 0.897 bits per heavy atom. The summed E-state index contributed by atoms with van der Waals surface area (Å²) in [6.45, 7) is 2.23. The molecule has 0 N–H and O–H groups in total. The van der Waals surface area contributed by atoms with Crippen LogP contribution in [0.2, 0.25) is 5.02 Å². The molecule has 4 heteroatoms. The van der Waals surface area contributed by atoms with Crippen LogP contribution in [0.25, 0.3) is 22.2 Å². The fraction of sp³-hybridized carbons (Fsp3) is 0.200. The van der Waals surface area contributed by atoms with Crippen LogP contribution in [0, 0.1) is 0 Å². The molecule has 0 spiro atoms. The average Bonchev–Trinajstić information content (AvgIpc) is 3.02. The van der Waals surface area contributed by atoms with Crippen molar-refractivity contribution < 1.29 is 4.74 Å². The lowest BCUT2D eigenvalue weighted by atomic mass is 10.1. The van der Waals surface area contributed by atoms with Crippen LogP contribution in [0.1, 0.15) is 5.56 Å². The number of hydrogen-bond acceptors (Lipinski definition) is 2. The lowest BCUT2D eigenvalue weighted by Crippen LogP contribution is -2.19. The minimum Gasteiger partial charge on any atom is -0.489 e. The molecule has 1 heterocycles. The first kappa shape index (κ1) is 19.6. The van der Waals surface area contributed by atoms with Crippen LogP contribution >= 0.6 is 11.6 Å². The number of likely N-dealkylation sites (N-methyl/N-ethyl adjacent to an activating group) is 1. The fourth-order valence-electron chi connectivity index (χ4n) is 3.59. The van der Waals surface area contributed by atoms with Gasteiger partial charge in [0.25, 0.3) is 0 Å². The van der Waals surface area contributed by atoms with E-state index >= 15 is 0 Å². The van der Waals surface area contributed by atoms with Crippen molar-refractivity contribution in [3.63, 3.8) is 0 Å². The molecule has 0 aliphatic carbocycles. The van der Waals surface area contributed by atoms with Crippen LogP contribution in [0.5, 0.6) is 5.75 Å². The van der Waals surface area contributed by atoms with Gasteiger partial charge in [-0.3, -0.25) is 0 Å². The van der Waals surface area contributed by atoms with Crippen LogP contribution in [0.15, 0.2) is 78.9 Å². The molecule has 0 aliphatic rings. The summed E-state index contributed by atoms with van der Waals surface area (Å²) in [6, 6.07) is 27.0. The van der Waals surface area contributed by atoms with Crippen LogP contribution in [0.3, 0.4) is 0 Å². The Hall–Kier alpha value is -2.75. The topological polar surface area (TPSA) is 17.4 Å². The summed E-state index contributed by atoms with van der Waals surface area (Å²) in [7, 11) is 4.11. The van der Waals surface area contributed by atoms with E-state index in [0.29, 0.717) is 11.6 Å². The van der Waals surface area contributed by atoms with Crippen LogP contribution in [0.4, 0.5) is 0 Å². The van der Waals surface area contributed by atoms with Gasteiger partial charge >= 0.3 is 0 Å². The number of halogens is 1. The van der Waals surface area contributed by atoms with Crippen LogP contribution in [-0.2, 0) is 6.54 Å². The smallest absolute Gasteiger partial charge is 0.153 e. The lowest BCUT2D eigenvalue weighted by Gasteiger charge is -2.15. The number of rotatable bonds is 7. The second kappa shape index (κ2) is 8.73. The Morgan fingerprint density at radius 2 is 1.59 bits per heavy atom. The standard InChI is InChI=1S/C25H25ClN2O/c1-27(2)15-16-29-25-22-17-21(26)13-14-23(22)28(18-19-9-5-3-6-10-19)24(25)20-11-7-4-8-12-20/h3-14,17H,15-16,18H2,1-2H3. The summed E-state index contributed by atoms with van der Waals surface area (Å²) in [5.41, 5.74) is 4.59. The largest absolute Gasteiger partial charge is 0.489 e. The summed E-state index contributed by atoms with van der Waals surface area (Å²) in [4.78, 5) is 2.12. The van der Waals surface area contributed by atoms with Crippen molar-refractivity contribution in [3.8, 4) is 17.0 Å². The predicted molar refractivity (Wildman–Crippen MR) is 122 cm³/mol. The third-order valence-electron chi connectivity index (χ3n) is 4.99. The van der Waals surface area contributed by atoms with E-state index in [0.717, 1.165) is 41.0 Å². The zero-order valence-electron chi connectivity index (χ0n) is 16.8. The van der Waals surface area contributed by atoms with E-state index in [1.54, 1.807) is 0 Å². The van der Waals surface area contributed by atoms with E-state index in [1.165, 1.54) is 5.56 Å². The van der Waals surface area contributed by atoms with Crippen LogP contribution in [-0.4, -0.2) is 36.7 Å². The highest BCUT2D eigenvalue weighted by atomic mass is 35.5. The maximum absolute atomic E-state index is 6.37. The molecule has 0 aliphatic heterocycles. The molecular weight excluding hydrogens is 380 g/mol. The van der Waals surface area contributed by atoms with Gasteiger partial charge in [-0.25, -0.2) is 0 Å². The van der Waals surface area contributed by atoms with Crippen molar-refractivity contribution in [2.45, 2.75) is 6.54 Å². The van der Waals surface area contributed by atoms with Crippen molar-refractivity contribution in [2.75, 3.05) is 27.2 Å². The third kappa shape index (κ3) is 4.31. The maximum Gasteiger partial charge on any atom is 0.153 e. The quantitative estimate of drug-likeness (QED) is 0.378. The average molecular weight is 405 g/mol. The zero-order chi connectivity index (χ0) is 20.2. The van der Waals surface area contributed by atoms with Gasteiger partial charge in [0.1, 0.15) is 6.61 Å². The second-order valence-electron chi connectivity index (χ2n) is 7.43. The Kier molecular flexibility index (Phi) is 5.89. The lowest BCUT2D eigenvalue weighted by molar-refractivity contribution is 0.264. The van der Waals surface area contributed by atoms with Crippen LogP contribution < -0.4 is 4.74 Å². The van der Waals surface area contributed by atoms with Gasteiger partial charge in [-0.1, -0.05) is 72.3 Å². The molecule has 4 rings (SSSR count). The third-order valence-corrected chi connectivity index (χ3v) is 5.23. The summed E-state index contributed by atoms with van der Waals surface area (Å²) < 4.78 is 8.70. The molecule has 0 radical (unpaired) electrons. The second-order valence-corrected chi connectivity index (χ2v) is 7.87. The Bertz CT molecular complexity index is 1090. The van der Waals surface area contributed by atoms with Gasteiger partial charge in [0, 0.05) is 29.1 Å². The van der Waals surface area contributed by atoms with Crippen molar-refractivity contribution in [1.29, 1.82) is 0 Å². The highest BCUT2D eigenvalue weighted by Crippen LogP contribution is 2.41. The Balaban J connectivity index is 1.91. The Labute approximate surface area is 177 Å². The SMILES string of the molecule is CN(C)CCOc1c(-c2ccccc2)n(Cc2ccccc2)c2ccc(Cl)cc12. The molecule has 148 valence electrons. The first-order chi connectivity index (χ1) is 14.1. The molecule has 0 amide bonds. The molecule has 0 atom stereocenters. The van der Waals surface area contributed by atoms with Crippen molar-refractivity contribution >= 4 is 22.5 Å². The molecule has 0 saturated heterocycles. The molecular formula is C25H25ClN2O. The molecule has 3 aromatic carbocycles. The number of benzene rings is 3. The molecule has 1 aromatic heterocycles. The summed E-state index contributed by atoms with van der Waals surface area (Å²) in [6.07, 6.45) is 0. The highest BCUT2D eigenvalue weighted by molar-refractivity contribution is 6.31. The van der Waals surface area contributed by atoms with E-state index in [4.69, 9.17) is 16.3 Å². The maximum atomic E-state index is 6.37. The van der Waals surface area contributed by atoms with Gasteiger partial charge in [-0.05, 0) is 37.9 Å². The van der Waals surface area contributed by atoms with Gasteiger partial charge in [0.2, 0.25) is 0 Å². The molecule has 0 bridgehead atoms. The van der Waals surface area contributed by atoms with E-state index in [9.17, 15) is 0 Å². The van der Waals surface area contributed by atoms with Gasteiger partial charge in [-0.2, -0.15) is 0 Å². The highest BCUT2D eigenvalue weighted by Gasteiger charge is 2.20. The number of fused-ring (bicyclic) bond motifs is 1. The predicted octanol–water partition coefficient (Wildman–Crippen LogP) is 5.95. The number of nitrogens with zero attached hydrogens (tertiary/aromatic N) is 2. The van der Waals surface area contributed by atoms with Gasteiger partial charge < -0.3 is 14.2 Å². The van der Waals surface area contributed by atoms with Crippen molar-refractivity contribution in [1.82, 2.24) is 9.47 Å². The molecule has 4 aromatic rings. The molecule has 3 nitrogen and oxygen atoms in total. The summed E-state index contributed by atoms with van der Waals surface area (Å²) in [5.74, 6) is 0.895. The number of hydrogen-bond donors (Lipinski definition) is 0. The molecule has 0 saturated carbocycles. The zero-order valence-corrected chi connectivity index (χ0v) is 17.6. The van der Waals surface area contributed by atoms with E-state index in [-0.39, 0.29) is 0 Å². The normalized spacial score (nSPS) is 11.3. The summed E-state index contributed by atoms with van der Waals surface area (Å²) in [5, 5.41) is 1.76. The van der Waals surface area contributed by atoms with E-state index < -0.39 is 0 Å². The molecule has 29 heavy (non-hydrogen) atoms. The van der Waals surface area contributed by atoms with E-state index in [1.807, 2.05) is 24.3 Å². The van der Waals surface area contributed by atoms with Gasteiger partial charge in [-0.15, -0.1) is 0 Å². The number of ether oxygens (including phenoxy) is 1. The van der Waals surface area contributed by atoms with Crippen molar-refractivity contribution in [2.24, 2.45) is 0 Å². The monoisotopic (exact) mass is 404 g/mol. The minimum absolute atomic E-state index is 0.615. The van der Waals surface area contributed by atoms with E-state index in [2.05, 4.69) is 78.2 Å². The molecule has 0 fully saturated rings. The minimum atomic E-state index is 0.615. The number of aromatic nitrogens is 1. The van der Waals surface area contributed by atoms with Gasteiger partial charge in [0.15, 0.2) is 5.75 Å². The first-order valence-corrected chi connectivity index (χ1v) is 10.2. The molecule has 0 unspecified atom stereocenters. The van der Waals surface area contributed by atoms with Gasteiger partial charge in [0.05, 0.1) is 11.2 Å². The Morgan fingerprint density at radius 3 is 2.28 bits per heavy atom. The fourth-order valence-corrected chi connectivity index (χ4v) is 3.76. The summed E-state index contributed by atoms with van der Waals surface area (Å²) >= 11 is 6.37.